The van der Waals surface area contributed by atoms with Crippen molar-refractivity contribution in [2.45, 2.75) is 19.9 Å². The molecule has 1 heterocycles. The molecule has 0 saturated carbocycles. The van der Waals surface area contributed by atoms with Crippen molar-refractivity contribution in [2.24, 2.45) is 0 Å². The number of nitrogens with zero attached hydrogens (tertiary/aromatic N) is 3. The van der Waals surface area contributed by atoms with Crippen LogP contribution in [-0.4, -0.2) is 21.6 Å². The lowest BCUT2D eigenvalue weighted by molar-refractivity contribution is 0.246. The highest BCUT2D eigenvalue weighted by Gasteiger charge is 2.20. The van der Waals surface area contributed by atoms with Crippen LogP contribution in [0.15, 0.2) is 43.0 Å². The van der Waals surface area contributed by atoms with Crippen LogP contribution in [0.3, 0.4) is 0 Å². The van der Waals surface area contributed by atoms with Crippen molar-refractivity contribution in [1.82, 2.24) is 9.55 Å². The molecule has 0 bridgehead atoms. The van der Waals surface area contributed by atoms with E-state index in [9.17, 15) is 4.79 Å². The highest BCUT2D eigenvalue weighted by atomic mass is 35.5. The first-order valence-corrected chi connectivity index (χ1v) is 6.04. The Morgan fingerprint density at radius 1 is 1.33 bits per heavy atom. The molecule has 94 valence electrons. The lowest BCUT2D eigenvalue weighted by Gasteiger charge is -2.26. The minimum Gasteiger partial charge on any atom is -0.291 e. The van der Waals surface area contributed by atoms with Crippen LogP contribution in [-0.2, 0) is 0 Å². The van der Waals surface area contributed by atoms with E-state index >= 15 is 0 Å². The zero-order valence-electron chi connectivity index (χ0n) is 10.2. The smallest absolute Gasteiger partial charge is 0.291 e. The highest BCUT2D eigenvalue weighted by Crippen LogP contribution is 2.21. The van der Waals surface area contributed by atoms with Crippen LogP contribution in [0.25, 0.3) is 0 Å². The summed E-state index contributed by atoms with van der Waals surface area (Å²) in [7, 11) is 0. The number of carbonyl (C=O) groups is 1. The van der Waals surface area contributed by atoms with Gasteiger partial charge in [0.1, 0.15) is 6.33 Å². The average Bonchev–Trinajstić information content (AvgIpc) is 2.85. The van der Waals surface area contributed by atoms with E-state index in [2.05, 4.69) is 4.98 Å². The molecule has 0 unspecified atom stereocenters. The standard InChI is InChI=1S/C13H14ClN3O/c1-10(2)17(12-5-3-11(14)4-6-12)13(18)16-8-7-15-9-16/h3-10H,1-2H3. The first-order valence-electron chi connectivity index (χ1n) is 5.66. The van der Waals surface area contributed by atoms with E-state index in [0.717, 1.165) is 5.69 Å². The zero-order chi connectivity index (χ0) is 13.1. The maximum absolute atomic E-state index is 12.3. The van der Waals surface area contributed by atoms with Gasteiger partial charge < -0.3 is 0 Å². The second-order valence-electron chi connectivity index (χ2n) is 4.19. The summed E-state index contributed by atoms with van der Waals surface area (Å²) in [5.74, 6) is 0. The lowest BCUT2D eigenvalue weighted by Crippen LogP contribution is -2.39. The van der Waals surface area contributed by atoms with Gasteiger partial charge in [0, 0.05) is 29.1 Å². The van der Waals surface area contributed by atoms with Gasteiger partial charge in [0.2, 0.25) is 0 Å². The zero-order valence-corrected chi connectivity index (χ0v) is 11.0. The van der Waals surface area contributed by atoms with Gasteiger partial charge in [-0.25, -0.2) is 9.78 Å². The van der Waals surface area contributed by atoms with Crippen LogP contribution in [0.5, 0.6) is 0 Å². The molecular formula is C13H14ClN3O. The van der Waals surface area contributed by atoms with Crippen LogP contribution < -0.4 is 4.90 Å². The fraction of sp³-hybridized carbons (Fsp3) is 0.231. The average molecular weight is 264 g/mol. The Bertz CT molecular complexity index is 520. The molecule has 5 heteroatoms. The summed E-state index contributed by atoms with van der Waals surface area (Å²) in [4.78, 5) is 17.9. The van der Waals surface area contributed by atoms with Gasteiger partial charge in [-0.2, -0.15) is 0 Å². The minimum atomic E-state index is -0.134. The number of amides is 1. The molecule has 2 rings (SSSR count). The number of hydrogen-bond donors (Lipinski definition) is 0. The molecule has 0 atom stereocenters. The maximum Gasteiger partial charge on any atom is 0.334 e. The molecule has 2 aromatic rings. The van der Waals surface area contributed by atoms with E-state index in [1.165, 1.54) is 10.9 Å². The number of aromatic nitrogens is 2. The molecule has 0 saturated heterocycles. The molecule has 0 radical (unpaired) electrons. The van der Waals surface area contributed by atoms with Gasteiger partial charge in [-0.1, -0.05) is 11.6 Å². The van der Waals surface area contributed by atoms with Gasteiger partial charge in [-0.3, -0.25) is 9.47 Å². The lowest BCUT2D eigenvalue weighted by atomic mass is 10.2. The van der Waals surface area contributed by atoms with Gasteiger partial charge in [0.05, 0.1) is 0 Å². The Labute approximate surface area is 111 Å². The summed E-state index contributed by atoms with van der Waals surface area (Å²) in [6, 6.07) is 7.11. The fourth-order valence-corrected chi connectivity index (χ4v) is 1.85. The van der Waals surface area contributed by atoms with Crippen LogP contribution >= 0.6 is 11.6 Å². The SMILES string of the molecule is CC(C)N(C(=O)n1ccnc1)c1ccc(Cl)cc1. The minimum absolute atomic E-state index is 0.0427. The molecule has 0 spiro atoms. The second-order valence-corrected chi connectivity index (χ2v) is 4.63. The predicted molar refractivity (Wildman–Crippen MR) is 72.1 cm³/mol. The third-order valence-electron chi connectivity index (χ3n) is 2.55. The first-order chi connectivity index (χ1) is 8.59. The summed E-state index contributed by atoms with van der Waals surface area (Å²) in [6.07, 6.45) is 4.71. The summed E-state index contributed by atoms with van der Waals surface area (Å²) in [6.45, 7) is 3.92. The van der Waals surface area contributed by atoms with Crippen molar-refractivity contribution in [1.29, 1.82) is 0 Å². The fourth-order valence-electron chi connectivity index (χ4n) is 1.73. The van der Waals surface area contributed by atoms with Crippen molar-refractivity contribution in [3.8, 4) is 0 Å². The quantitative estimate of drug-likeness (QED) is 0.833. The number of halogens is 1. The van der Waals surface area contributed by atoms with E-state index in [0.29, 0.717) is 5.02 Å². The Morgan fingerprint density at radius 3 is 2.50 bits per heavy atom. The van der Waals surface area contributed by atoms with Crippen molar-refractivity contribution < 1.29 is 4.79 Å². The number of anilines is 1. The van der Waals surface area contributed by atoms with E-state index < -0.39 is 0 Å². The van der Waals surface area contributed by atoms with Gasteiger partial charge in [0.15, 0.2) is 0 Å². The second kappa shape index (κ2) is 5.23. The third kappa shape index (κ3) is 2.54. The molecule has 0 aliphatic carbocycles. The van der Waals surface area contributed by atoms with Crippen molar-refractivity contribution in [3.05, 3.63) is 48.0 Å². The van der Waals surface area contributed by atoms with Crippen LogP contribution in [0, 0.1) is 0 Å². The summed E-state index contributed by atoms with van der Waals surface area (Å²) in [5, 5.41) is 0.650. The van der Waals surface area contributed by atoms with Crippen LogP contribution in [0.4, 0.5) is 10.5 Å². The Kier molecular flexibility index (Phi) is 3.67. The Morgan fingerprint density at radius 2 is 2.00 bits per heavy atom. The maximum atomic E-state index is 12.3. The van der Waals surface area contributed by atoms with E-state index in [-0.39, 0.29) is 12.1 Å². The summed E-state index contributed by atoms with van der Waals surface area (Å²) < 4.78 is 1.45. The summed E-state index contributed by atoms with van der Waals surface area (Å²) in [5.41, 5.74) is 0.813. The van der Waals surface area contributed by atoms with Gasteiger partial charge in [-0.15, -0.1) is 0 Å². The van der Waals surface area contributed by atoms with Crippen molar-refractivity contribution >= 4 is 23.3 Å². The summed E-state index contributed by atoms with van der Waals surface area (Å²) >= 11 is 5.86. The molecule has 0 N–H and O–H groups in total. The highest BCUT2D eigenvalue weighted by molar-refractivity contribution is 6.30. The van der Waals surface area contributed by atoms with E-state index in [4.69, 9.17) is 11.6 Å². The molecule has 0 aliphatic heterocycles. The van der Waals surface area contributed by atoms with Crippen LogP contribution in [0.1, 0.15) is 13.8 Å². The Balaban J connectivity index is 2.34. The Hall–Kier alpha value is -1.81. The third-order valence-corrected chi connectivity index (χ3v) is 2.80. The number of carbonyl (C=O) groups excluding carboxylic acids is 1. The van der Waals surface area contributed by atoms with Gasteiger partial charge >= 0.3 is 6.03 Å². The molecule has 0 aliphatic rings. The molecule has 4 nitrogen and oxygen atoms in total. The van der Waals surface area contributed by atoms with Crippen molar-refractivity contribution in [2.75, 3.05) is 4.90 Å². The van der Waals surface area contributed by atoms with Crippen LogP contribution in [0.2, 0.25) is 5.02 Å². The normalized spacial score (nSPS) is 10.7. The van der Waals surface area contributed by atoms with E-state index in [1.807, 2.05) is 26.0 Å². The molecule has 0 fully saturated rings. The number of benzene rings is 1. The molecule has 18 heavy (non-hydrogen) atoms. The van der Waals surface area contributed by atoms with E-state index in [1.54, 1.807) is 29.4 Å². The predicted octanol–water partition coefficient (Wildman–Crippen LogP) is 3.42. The largest absolute Gasteiger partial charge is 0.334 e. The first kappa shape index (κ1) is 12.6. The number of imidazole rings is 1. The molecule has 1 aromatic carbocycles. The van der Waals surface area contributed by atoms with Gasteiger partial charge in [0.25, 0.3) is 0 Å². The molecule has 1 aromatic heterocycles. The number of hydrogen-bond acceptors (Lipinski definition) is 2. The number of rotatable bonds is 2. The molecular weight excluding hydrogens is 250 g/mol. The van der Waals surface area contributed by atoms with Gasteiger partial charge in [-0.05, 0) is 38.1 Å². The molecule has 1 amide bonds. The monoisotopic (exact) mass is 263 g/mol. The van der Waals surface area contributed by atoms with Crippen molar-refractivity contribution in [3.63, 3.8) is 0 Å². The topological polar surface area (TPSA) is 38.1 Å².